The molecule has 2 rings (SSSR count). The maximum Gasteiger partial charge on any atom is 0.227 e. The summed E-state index contributed by atoms with van der Waals surface area (Å²) in [5.74, 6) is 0.158. The number of aromatic nitrogens is 2. The van der Waals surface area contributed by atoms with Crippen LogP contribution in [0.3, 0.4) is 0 Å². The molecule has 2 aromatic heterocycles. The molecular formula is C16H23N3OS. The second kappa shape index (κ2) is 7.98. The van der Waals surface area contributed by atoms with Gasteiger partial charge in [0.25, 0.3) is 0 Å². The smallest absolute Gasteiger partial charge is 0.227 e. The highest BCUT2D eigenvalue weighted by Gasteiger charge is 2.21. The van der Waals surface area contributed by atoms with Crippen LogP contribution in [0.15, 0.2) is 35.3 Å². The van der Waals surface area contributed by atoms with Gasteiger partial charge in [0.05, 0.1) is 12.5 Å². The Morgan fingerprint density at radius 3 is 3.00 bits per heavy atom. The van der Waals surface area contributed by atoms with Crippen molar-refractivity contribution in [3.63, 3.8) is 0 Å². The second-order valence-corrected chi connectivity index (χ2v) is 6.15. The normalized spacial score (nSPS) is 12.3. The molecule has 0 fully saturated rings. The highest BCUT2D eigenvalue weighted by atomic mass is 32.1. The zero-order valence-electron chi connectivity index (χ0n) is 12.7. The van der Waals surface area contributed by atoms with Crippen molar-refractivity contribution < 1.29 is 4.79 Å². The number of amides is 1. The molecule has 0 radical (unpaired) electrons. The van der Waals surface area contributed by atoms with Crippen LogP contribution in [0.2, 0.25) is 0 Å². The molecule has 5 heteroatoms. The lowest BCUT2D eigenvalue weighted by atomic mass is 10.1. The van der Waals surface area contributed by atoms with Crippen molar-refractivity contribution in [3.8, 4) is 0 Å². The van der Waals surface area contributed by atoms with Gasteiger partial charge in [-0.25, -0.2) is 0 Å². The van der Waals surface area contributed by atoms with Gasteiger partial charge in [0.2, 0.25) is 5.91 Å². The van der Waals surface area contributed by atoms with Crippen molar-refractivity contribution in [1.29, 1.82) is 0 Å². The minimum absolute atomic E-state index is 0.0552. The number of hydrogen-bond donors (Lipinski definition) is 0. The summed E-state index contributed by atoms with van der Waals surface area (Å²) < 4.78 is 1.82. The van der Waals surface area contributed by atoms with Crippen LogP contribution >= 0.6 is 11.3 Å². The number of carbonyl (C=O) groups excluding carboxylic acids is 1. The van der Waals surface area contributed by atoms with Crippen LogP contribution in [0.5, 0.6) is 0 Å². The molecule has 0 aliphatic carbocycles. The van der Waals surface area contributed by atoms with Gasteiger partial charge in [-0.2, -0.15) is 16.4 Å². The molecule has 0 aromatic carbocycles. The van der Waals surface area contributed by atoms with Gasteiger partial charge in [0, 0.05) is 25.5 Å². The Hall–Kier alpha value is -1.62. The van der Waals surface area contributed by atoms with E-state index in [-0.39, 0.29) is 11.8 Å². The number of carbonyl (C=O) groups is 1. The monoisotopic (exact) mass is 305 g/mol. The average Bonchev–Trinajstić information content (AvgIpc) is 3.16. The molecule has 0 unspecified atom stereocenters. The summed E-state index contributed by atoms with van der Waals surface area (Å²) in [7, 11) is 0. The maximum absolute atomic E-state index is 12.7. The van der Waals surface area contributed by atoms with Crippen molar-refractivity contribution in [2.24, 2.45) is 5.92 Å². The summed E-state index contributed by atoms with van der Waals surface area (Å²) in [6.45, 7) is 6.31. The summed E-state index contributed by atoms with van der Waals surface area (Å²) in [5.41, 5.74) is 1.22. The molecule has 0 bridgehead atoms. The Labute approximate surface area is 130 Å². The van der Waals surface area contributed by atoms with Gasteiger partial charge in [-0.1, -0.05) is 20.3 Å². The fourth-order valence-corrected chi connectivity index (χ4v) is 2.96. The van der Waals surface area contributed by atoms with Gasteiger partial charge < -0.3 is 4.90 Å². The van der Waals surface area contributed by atoms with Crippen molar-refractivity contribution in [3.05, 3.63) is 40.8 Å². The van der Waals surface area contributed by atoms with E-state index >= 15 is 0 Å². The van der Waals surface area contributed by atoms with Crippen LogP contribution in [0.25, 0.3) is 0 Å². The number of unbranched alkanes of at least 4 members (excludes halogenated alkanes) is 1. The topological polar surface area (TPSA) is 38.1 Å². The van der Waals surface area contributed by atoms with E-state index in [1.807, 2.05) is 28.8 Å². The zero-order valence-corrected chi connectivity index (χ0v) is 13.6. The lowest BCUT2D eigenvalue weighted by molar-refractivity contribution is -0.136. The molecule has 114 valence electrons. The van der Waals surface area contributed by atoms with Crippen molar-refractivity contribution >= 4 is 17.2 Å². The Kier molecular flexibility index (Phi) is 5.99. The van der Waals surface area contributed by atoms with Crippen LogP contribution in [-0.2, 0) is 17.9 Å². The fourth-order valence-electron chi connectivity index (χ4n) is 2.30. The minimum atomic E-state index is -0.0552. The second-order valence-electron chi connectivity index (χ2n) is 5.37. The van der Waals surface area contributed by atoms with Crippen molar-refractivity contribution in [2.75, 3.05) is 6.54 Å². The first-order chi connectivity index (χ1) is 10.2. The predicted molar refractivity (Wildman–Crippen MR) is 86.0 cm³/mol. The summed E-state index contributed by atoms with van der Waals surface area (Å²) >= 11 is 1.68. The summed E-state index contributed by atoms with van der Waals surface area (Å²) in [5, 5.41) is 8.36. The molecule has 0 saturated carbocycles. The molecule has 0 spiro atoms. The lowest BCUT2D eigenvalue weighted by Crippen LogP contribution is -2.37. The summed E-state index contributed by atoms with van der Waals surface area (Å²) in [6.07, 6.45) is 5.79. The van der Waals surface area contributed by atoms with Gasteiger partial charge in [-0.15, -0.1) is 0 Å². The molecule has 0 saturated heterocycles. The Bertz CT molecular complexity index is 522. The minimum Gasteiger partial charge on any atom is -0.338 e. The van der Waals surface area contributed by atoms with Crippen molar-refractivity contribution in [2.45, 2.75) is 39.8 Å². The third kappa shape index (κ3) is 4.70. The van der Waals surface area contributed by atoms with E-state index in [1.165, 1.54) is 5.56 Å². The largest absolute Gasteiger partial charge is 0.338 e. The van der Waals surface area contributed by atoms with E-state index in [4.69, 9.17) is 0 Å². The average molecular weight is 305 g/mol. The molecule has 21 heavy (non-hydrogen) atoms. The molecular weight excluding hydrogens is 282 g/mol. The third-order valence-electron chi connectivity index (χ3n) is 3.49. The van der Waals surface area contributed by atoms with E-state index < -0.39 is 0 Å². The fraction of sp³-hybridized carbons (Fsp3) is 0.500. The van der Waals surface area contributed by atoms with Gasteiger partial charge >= 0.3 is 0 Å². The quantitative estimate of drug-likeness (QED) is 0.749. The van der Waals surface area contributed by atoms with Crippen LogP contribution in [-0.4, -0.2) is 27.1 Å². The van der Waals surface area contributed by atoms with Gasteiger partial charge in [0.15, 0.2) is 0 Å². The van der Waals surface area contributed by atoms with E-state index in [2.05, 4.69) is 28.8 Å². The predicted octanol–water partition coefficient (Wildman–Crippen LogP) is 3.41. The first-order valence-electron chi connectivity index (χ1n) is 7.48. The summed E-state index contributed by atoms with van der Waals surface area (Å²) in [6, 6.07) is 3.98. The van der Waals surface area contributed by atoms with E-state index in [0.29, 0.717) is 13.1 Å². The zero-order chi connectivity index (χ0) is 15.1. The van der Waals surface area contributed by atoms with Crippen LogP contribution in [0, 0.1) is 5.92 Å². The number of nitrogens with zero attached hydrogens (tertiary/aromatic N) is 3. The molecule has 0 N–H and O–H groups in total. The van der Waals surface area contributed by atoms with Gasteiger partial charge in [0.1, 0.15) is 0 Å². The molecule has 1 atom stereocenters. The standard InChI is InChI=1S/C16H23N3OS/c1-3-4-8-18(12-15-6-10-21-13-15)16(20)14(2)11-19-9-5-7-17-19/h5-7,9-10,13-14H,3-4,8,11-12H2,1-2H3/t14-/m0/s1. The van der Waals surface area contributed by atoms with Crippen LogP contribution in [0.4, 0.5) is 0 Å². The molecule has 0 aliphatic rings. The van der Waals surface area contributed by atoms with Gasteiger partial charge in [-0.3, -0.25) is 9.48 Å². The van der Waals surface area contributed by atoms with E-state index in [1.54, 1.807) is 17.5 Å². The first-order valence-corrected chi connectivity index (χ1v) is 8.42. The van der Waals surface area contributed by atoms with E-state index in [0.717, 1.165) is 19.4 Å². The van der Waals surface area contributed by atoms with Crippen molar-refractivity contribution in [1.82, 2.24) is 14.7 Å². The van der Waals surface area contributed by atoms with Crippen LogP contribution < -0.4 is 0 Å². The van der Waals surface area contributed by atoms with Crippen LogP contribution in [0.1, 0.15) is 32.3 Å². The number of hydrogen-bond acceptors (Lipinski definition) is 3. The lowest BCUT2D eigenvalue weighted by Gasteiger charge is -2.25. The first kappa shape index (κ1) is 15.8. The molecule has 4 nitrogen and oxygen atoms in total. The SMILES string of the molecule is CCCCN(Cc1ccsc1)C(=O)[C@@H](C)Cn1cccn1. The Morgan fingerprint density at radius 2 is 2.38 bits per heavy atom. The highest BCUT2D eigenvalue weighted by Crippen LogP contribution is 2.14. The summed E-state index contributed by atoms with van der Waals surface area (Å²) in [4.78, 5) is 14.7. The molecule has 2 heterocycles. The third-order valence-corrected chi connectivity index (χ3v) is 4.22. The Balaban J connectivity index is 1.98. The van der Waals surface area contributed by atoms with E-state index in [9.17, 15) is 4.79 Å². The maximum atomic E-state index is 12.7. The molecule has 2 aromatic rings. The molecule has 1 amide bonds. The Morgan fingerprint density at radius 1 is 1.52 bits per heavy atom. The molecule has 0 aliphatic heterocycles. The number of thiophene rings is 1. The van der Waals surface area contributed by atoms with Gasteiger partial charge in [-0.05, 0) is 34.9 Å². The highest BCUT2D eigenvalue weighted by molar-refractivity contribution is 7.07. The number of rotatable bonds is 8.